The van der Waals surface area contributed by atoms with Gasteiger partial charge < -0.3 is 19.5 Å². The largest absolute Gasteiger partial charge is 0.493 e. The zero-order chi connectivity index (χ0) is 22.4. The number of aryl methyl sites for hydroxylation is 1. The summed E-state index contributed by atoms with van der Waals surface area (Å²) in [7, 11) is 2.56. The van der Waals surface area contributed by atoms with Crippen molar-refractivity contribution in [3.63, 3.8) is 0 Å². The molecule has 0 saturated heterocycles. The number of ether oxygens (including phenoxy) is 3. The maximum Gasteiger partial charge on any atom is 0.345 e. The van der Waals surface area contributed by atoms with Crippen molar-refractivity contribution in [1.82, 2.24) is 0 Å². The summed E-state index contributed by atoms with van der Waals surface area (Å²) < 4.78 is 14.8. The summed E-state index contributed by atoms with van der Waals surface area (Å²) in [4.78, 5) is 45.1. The first-order valence-electron chi connectivity index (χ1n) is 8.30. The van der Waals surface area contributed by atoms with Gasteiger partial charge in [-0.1, -0.05) is 6.07 Å². The van der Waals surface area contributed by atoms with Crippen LogP contribution in [0.4, 0.5) is 17.1 Å². The van der Waals surface area contributed by atoms with Gasteiger partial charge in [-0.2, -0.15) is 0 Å². The van der Waals surface area contributed by atoms with Gasteiger partial charge in [0.05, 0.1) is 30.1 Å². The number of rotatable bonds is 8. The molecule has 0 aliphatic carbocycles. The molecule has 2 aromatic rings. The molecule has 30 heavy (non-hydrogen) atoms. The van der Waals surface area contributed by atoms with E-state index in [2.05, 4.69) is 5.32 Å². The van der Waals surface area contributed by atoms with Crippen LogP contribution in [0.1, 0.15) is 15.9 Å². The second kappa shape index (κ2) is 9.32. The van der Waals surface area contributed by atoms with Gasteiger partial charge in [0, 0.05) is 23.4 Å². The van der Waals surface area contributed by atoms with Crippen molar-refractivity contribution >= 4 is 28.9 Å². The molecule has 0 aromatic heterocycles. The van der Waals surface area contributed by atoms with Gasteiger partial charge in [0.15, 0.2) is 18.1 Å². The monoisotopic (exact) mass is 419 g/mol. The van der Waals surface area contributed by atoms with E-state index in [4.69, 9.17) is 14.2 Å². The minimum atomic E-state index is -1.13. The summed E-state index contributed by atoms with van der Waals surface area (Å²) in [6.45, 7) is 0.771. The minimum absolute atomic E-state index is 0.0412. The van der Waals surface area contributed by atoms with E-state index in [0.29, 0.717) is 5.56 Å². The van der Waals surface area contributed by atoms with E-state index in [0.717, 1.165) is 18.2 Å². The van der Waals surface area contributed by atoms with Crippen LogP contribution in [0, 0.1) is 27.2 Å². The van der Waals surface area contributed by atoms with Crippen molar-refractivity contribution in [3.8, 4) is 11.5 Å². The van der Waals surface area contributed by atoms with E-state index in [-0.39, 0.29) is 22.9 Å². The highest BCUT2D eigenvalue weighted by Crippen LogP contribution is 2.34. The van der Waals surface area contributed by atoms with Crippen molar-refractivity contribution in [1.29, 1.82) is 0 Å². The average Bonchev–Trinajstić information content (AvgIpc) is 2.71. The molecule has 0 heterocycles. The van der Waals surface area contributed by atoms with Crippen molar-refractivity contribution in [2.75, 3.05) is 26.1 Å². The third-order valence-corrected chi connectivity index (χ3v) is 3.94. The third-order valence-electron chi connectivity index (χ3n) is 3.94. The fourth-order valence-corrected chi connectivity index (χ4v) is 2.47. The number of benzene rings is 2. The number of esters is 1. The van der Waals surface area contributed by atoms with Crippen LogP contribution in [0.25, 0.3) is 0 Å². The Kier molecular flexibility index (Phi) is 6.86. The van der Waals surface area contributed by atoms with Crippen LogP contribution in [-0.2, 0) is 9.53 Å². The van der Waals surface area contributed by atoms with E-state index < -0.39 is 39.6 Å². The van der Waals surface area contributed by atoms with Gasteiger partial charge in [0.2, 0.25) is 0 Å². The highest BCUT2D eigenvalue weighted by atomic mass is 16.6. The Bertz CT molecular complexity index is 1020. The maximum absolute atomic E-state index is 12.3. The van der Waals surface area contributed by atoms with Gasteiger partial charge >= 0.3 is 5.97 Å². The molecule has 1 N–H and O–H groups in total. The first-order valence-corrected chi connectivity index (χ1v) is 8.30. The standard InChI is InChI=1S/C18H17N3O9/c1-10-4-5-11(6-13(10)20(24)25)19-17(22)9-30-18(23)12-7-15(28-2)16(29-3)8-14(12)21(26)27/h4-8H,9H2,1-3H3,(H,19,22). The number of anilines is 1. The molecule has 158 valence electrons. The minimum Gasteiger partial charge on any atom is -0.493 e. The van der Waals surface area contributed by atoms with Crippen LogP contribution in [0.2, 0.25) is 0 Å². The maximum atomic E-state index is 12.3. The summed E-state index contributed by atoms with van der Waals surface area (Å²) in [6.07, 6.45) is 0. The highest BCUT2D eigenvalue weighted by molar-refractivity contribution is 5.98. The number of nitro benzene ring substituents is 2. The summed E-state index contributed by atoms with van der Waals surface area (Å²) in [5.74, 6) is -1.82. The lowest BCUT2D eigenvalue weighted by atomic mass is 10.1. The average molecular weight is 419 g/mol. The van der Waals surface area contributed by atoms with Crippen LogP contribution in [0.5, 0.6) is 11.5 Å². The molecule has 2 aromatic carbocycles. The summed E-state index contributed by atoms with van der Waals surface area (Å²) in [5.41, 5.74) is -0.676. The van der Waals surface area contributed by atoms with E-state index in [1.165, 1.54) is 26.4 Å². The molecular formula is C18H17N3O9. The Hall–Kier alpha value is -4.22. The molecule has 12 heteroatoms. The number of nitro groups is 2. The molecule has 0 fully saturated rings. The number of nitrogens with zero attached hydrogens (tertiary/aromatic N) is 2. The molecule has 0 atom stereocenters. The predicted octanol–water partition coefficient (Wildman–Crippen LogP) is 2.62. The first-order chi connectivity index (χ1) is 14.2. The lowest BCUT2D eigenvalue weighted by Crippen LogP contribution is -2.21. The van der Waals surface area contributed by atoms with E-state index in [9.17, 15) is 29.8 Å². The zero-order valence-corrected chi connectivity index (χ0v) is 16.2. The summed E-state index contributed by atoms with van der Waals surface area (Å²) in [6, 6.07) is 6.13. The van der Waals surface area contributed by atoms with Crippen molar-refractivity contribution in [2.45, 2.75) is 6.92 Å². The van der Waals surface area contributed by atoms with Crippen LogP contribution in [0.15, 0.2) is 30.3 Å². The van der Waals surface area contributed by atoms with Crippen LogP contribution >= 0.6 is 0 Å². The van der Waals surface area contributed by atoms with Gasteiger partial charge in [0.1, 0.15) is 5.56 Å². The normalized spacial score (nSPS) is 10.1. The lowest BCUT2D eigenvalue weighted by molar-refractivity contribution is -0.385. The zero-order valence-electron chi connectivity index (χ0n) is 16.2. The summed E-state index contributed by atoms with van der Waals surface area (Å²) >= 11 is 0. The van der Waals surface area contributed by atoms with Gasteiger partial charge in [-0.3, -0.25) is 25.0 Å². The highest BCUT2D eigenvalue weighted by Gasteiger charge is 2.26. The SMILES string of the molecule is COc1cc(C(=O)OCC(=O)Nc2ccc(C)c([N+](=O)[O-])c2)c([N+](=O)[O-])cc1OC. The van der Waals surface area contributed by atoms with Crippen LogP contribution in [-0.4, -0.2) is 42.5 Å². The number of methoxy groups -OCH3 is 2. The molecular weight excluding hydrogens is 402 g/mol. The second-order valence-corrected chi connectivity index (χ2v) is 5.86. The van der Waals surface area contributed by atoms with E-state index >= 15 is 0 Å². The number of carbonyl (C=O) groups is 2. The third kappa shape index (κ3) is 4.98. The van der Waals surface area contributed by atoms with Crippen molar-refractivity contribution < 1.29 is 33.6 Å². The van der Waals surface area contributed by atoms with Crippen LogP contribution < -0.4 is 14.8 Å². The molecule has 0 aliphatic rings. The Labute approximate surface area is 169 Å². The van der Waals surface area contributed by atoms with Crippen molar-refractivity contribution in [3.05, 3.63) is 61.7 Å². The molecule has 0 bridgehead atoms. The molecule has 0 unspecified atom stereocenters. The summed E-state index contributed by atoms with van der Waals surface area (Å²) in [5, 5.41) is 24.6. The molecule has 1 amide bonds. The Morgan fingerprint density at radius 3 is 2.13 bits per heavy atom. The fraction of sp³-hybridized carbons (Fsp3) is 0.222. The lowest BCUT2D eigenvalue weighted by Gasteiger charge is -2.11. The molecule has 0 radical (unpaired) electrons. The van der Waals surface area contributed by atoms with Gasteiger partial charge in [-0.05, 0) is 13.0 Å². The predicted molar refractivity (Wildman–Crippen MR) is 103 cm³/mol. The Morgan fingerprint density at radius 2 is 1.57 bits per heavy atom. The first kappa shape index (κ1) is 22.1. The van der Waals surface area contributed by atoms with E-state index in [1.807, 2.05) is 0 Å². The Morgan fingerprint density at radius 1 is 0.967 bits per heavy atom. The molecule has 0 saturated carbocycles. The molecule has 12 nitrogen and oxygen atoms in total. The number of hydrogen-bond donors (Lipinski definition) is 1. The molecule has 0 spiro atoms. The van der Waals surface area contributed by atoms with Crippen molar-refractivity contribution in [2.24, 2.45) is 0 Å². The number of carbonyl (C=O) groups excluding carboxylic acids is 2. The topological polar surface area (TPSA) is 160 Å². The smallest absolute Gasteiger partial charge is 0.345 e. The molecule has 0 aliphatic heterocycles. The Balaban J connectivity index is 2.14. The number of nitrogens with one attached hydrogen (secondary N) is 1. The van der Waals surface area contributed by atoms with Gasteiger partial charge in [-0.15, -0.1) is 0 Å². The fourth-order valence-electron chi connectivity index (χ4n) is 2.47. The number of hydrogen-bond acceptors (Lipinski definition) is 9. The van der Waals surface area contributed by atoms with E-state index in [1.54, 1.807) is 6.92 Å². The second-order valence-electron chi connectivity index (χ2n) is 5.86. The van der Waals surface area contributed by atoms with Gasteiger partial charge in [-0.25, -0.2) is 4.79 Å². The quantitative estimate of drug-likeness (QED) is 0.385. The van der Waals surface area contributed by atoms with Gasteiger partial charge in [0.25, 0.3) is 17.3 Å². The number of amides is 1. The van der Waals surface area contributed by atoms with Crippen LogP contribution in [0.3, 0.4) is 0 Å². The molecule has 2 rings (SSSR count).